The number of nitrogens with zero attached hydrogens (tertiary/aromatic N) is 4. The molecule has 4 aromatic rings. The summed E-state index contributed by atoms with van der Waals surface area (Å²) < 4.78 is 15.7. The molecule has 2 aromatic heterocycles. The van der Waals surface area contributed by atoms with Crippen LogP contribution in [-0.4, -0.2) is 25.9 Å². The van der Waals surface area contributed by atoms with E-state index in [1.165, 1.54) is 11.6 Å². The van der Waals surface area contributed by atoms with Crippen LogP contribution < -0.4 is 5.32 Å². The van der Waals surface area contributed by atoms with Crippen LogP contribution in [0.2, 0.25) is 0 Å². The van der Waals surface area contributed by atoms with Crippen molar-refractivity contribution in [1.29, 1.82) is 0 Å². The minimum Gasteiger partial charge on any atom is -0.365 e. The van der Waals surface area contributed by atoms with Crippen molar-refractivity contribution in [3.8, 4) is 11.4 Å². The number of anilines is 1. The standard InChI is InChI=1S/C20H16FN5/c21-16-9-5-4-8-14(16)20-24-23-19-11-10-18(25-26(19)20)22-17-12-15(17)13-6-2-1-3-7-13/h1-11,15,17H,12H2,(H,22,25). The second-order valence-corrected chi connectivity index (χ2v) is 6.50. The van der Waals surface area contributed by atoms with E-state index in [1.807, 2.05) is 18.2 Å². The first-order valence-electron chi connectivity index (χ1n) is 8.58. The number of hydrogen-bond acceptors (Lipinski definition) is 4. The van der Waals surface area contributed by atoms with Gasteiger partial charge in [-0.3, -0.25) is 0 Å². The summed E-state index contributed by atoms with van der Waals surface area (Å²) in [7, 11) is 0. The molecule has 1 aliphatic carbocycles. The lowest BCUT2D eigenvalue weighted by Gasteiger charge is -2.06. The molecule has 0 spiro atoms. The summed E-state index contributed by atoms with van der Waals surface area (Å²) >= 11 is 0. The van der Waals surface area contributed by atoms with Crippen LogP contribution in [0.5, 0.6) is 0 Å². The van der Waals surface area contributed by atoms with E-state index >= 15 is 0 Å². The largest absolute Gasteiger partial charge is 0.365 e. The highest BCUT2D eigenvalue weighted by Crippen LogP contribution is 2.42. The molecule has 1 fully saturated rings. The summed E-state index contributed by atoms with van der Waals surface area (Å²) in [6.45, 7) is 0. The first kappa shape index (κ1) is 15.0. The molecule has 5 rings (SSSR count). The molecule has 0 bridgehead atoms. The predicted molar refractivity (Wildman–Crippen MR) is 97.4 cm³/mol. The lowest BCUT2D eigenvalue weighted by Crippen LogP contribution is -2.08. The topological polar surface area (TPSA) is 55.1 Å². The maximum Gasteiger partial charge on any atom is 0.188 e. The Kier molecular flexibility index (Phi) is 3.41. The van der Waals surface area contributed by atoms with Crippen LogP contribution in [0.3, 0.4) is 0 Å². The molecule has 1 N–H and O–H groups in total. The van der Waals surface area contributed by atoms with Gasteiger partial charge in [0, 0.05) is 12.0 Å². The lowest BCUT2D eigenvalue weighted by atomic mass is 10.1. The summed E-state index contributed by atoms with van der Waals surface area (Å²) in [5, 5.41) is 16.2. The molecule has 6 heteroatoms. The zero-order valence-electron chi connectivity index (χ0n) is 13.9. The zero-order valence-corrected chi connectivity index (χ0v) is 13.9. The molecule has 0 saturated heterocycles. The van der Waals surface area contributed by atoms with E-state index in [9.17, 15) is 4.39 Å². The third kappa shape index (κ3) is 2.60. The first-order chi connectivity index (χ1) is 12.8. The second kappa shape index (κ2) is 5.91. The van der Waals surface area contributed by atoms with Gasteiger partial charge in [0.15, 0.2) is 11.5 Å². The van der Waals surface area contributed by atoms with Gasteiger partial charge in [-0.15, -0.1) is 15.3 Å². The highest BCUT2D eigenvalue weighted by molar-refractivity contribution is 5.60. The van der Waals surface area contributed by atoms with Crippen molar-refractivity contribution in [1.82, 2.24) is 19.8 Å². The predicted octanol–water partition coefficient (Wildman–Crippen LogP) is 3.90. The normalized spacial score (nSPS) is 18.8. The van der Waals surface area contributed by atoms with Gasteiger partial charge in [-0.1, -0.05) is 42.5 Å². The number of rotatable bonds is 4. The number of halogens is 1. The van der Waals surface area contributed by atoms with Crippen molar-refractivity contribution >= 4 is 11.5 Å². The van der Waals surface area contributed by atoms with Crippen molar-refractivity contribution < 1.29 is 4.39 Å². The third-order valence-corrected chi connectivity index (χ3v) is 4.73. The molecule has 2 unspecified atom stereocenters. The number of benzene rings is 2. The van der Waals surface area contributed by atoms with Gasteiger partial charge >= 0.3 is 0 Å². The summed E-state index contributed by atoms with van der Waals surface area (Å²) in [5.74, 6) is 1.30. The Hall–Kier alpha value is -3.28. The number of nitrogens with one attached hydrogen (secondary N) is 1. The van der Waals surface area contributed by atoms with Gasteiger partial charge in [0.2, 0.25) is 0 Å². The monoisotopic (exact) mass is 345 g/mol. The van der Waals surface area contributed by atoms with E-state index in [0.29, 0.717) is 29.0 Å². The molecule has 0 radical (unpaired) electrons. The molecule has 0 aliphatic heterocycles. The average molecular weight is 345 g/mol. The molecule has 128 valence electrons. The smallest absolute Gasteiger partial charge is 0.188 e. The summed E-state index contributed by atoms with van der Waals surface area (Å²) in [4.78, 5) is 0. The van der Waals surface area contributed by atoms with Gasteiger partial charge in [-0.05, 0) is 36.2 Å². The van der Waals surface area contributed by atoms with Gasteiger partial charge in [0.25, 0.3) is 0 Å². The van der Waals surface area contributed by atoms with Crippen molar-refractivity contribution in [2.75, 3.05) is 5.32 Å². The fourth-order valence-electron chi connectivity index (χ4n) is 3.29. The van der Waals surface area contributed by atoms with Crippen LogP contribution in [-0.2, 0) is 0 Å². The van der Waals surface area contributed by atoms with E-state index in [1.54, 1.807) is 22.7 Å². The van der Waals surface area contributed by atoms with Crippen molar-refractivity contribution in [3.05, 3.63) is 78.1 Å². The quantitative estimate of drug-likeness (QED) is 0.609. The molecular formula is C20H16FN5. The summed E-state index contributed by atoms with van der Waals surface area (Å²) in [6, 6.07) is 21.1. The van der Waals surface area contributed by atoms with Gasteiger partial charge in [0.1, 0.15) is 11.6 Å². The van der Waals surface area contributed by atoms with E-state index in [4.69, 9.17) is 0 Å². The maximum absolute atomic E-state index is 14.1. The van der Waals surface area contributed by atoms with Crippen LogP contribution in [0.25, 0.3) is 17.0 Å². The third-order valence-electron chi connectivity index (χ3n) is 4.73. The van der Waals surface area contributed by atoms with Crippen molar-refractivity contribution in [3.63, 3.8) is 0 Å². The van der Waals surface area contributed by atoms with E-state index in [0.717, 1.165) is 12.2 Å². The Morgan fingerprint density at radius 1 is 0.923 bits per heavy atom. The van der Waals surface area contributed by atoms with Crippen molar-refractivity contribution in [2.24, 2.45) is 0 Å². The lowest BCUT2D eigenvalue weighted by molar-refractivity contribution is 0.629. The Morgan fingerprint density at radius 3 is 2.58 bits per heavy atom. The molecule has 2 heterocycles. The van der Waals surface area contributed by atoms with Crippen LogP contribution in [0.15, 0.2) is 66.7 Å². The summed E-state index contributed by atoms with van der Waals surface area (Å²) in [5.41, 5.74) is 2.31. The maximum atomic E-state index is 14.1. The Bertz CT molecular complexity index is 1080. The van der Waals surface area contributed by atoms with Crippen molar-refractivity contribution in [2.45, 2.75) is 18.4 Å². The zero-order chi connectivity index (χ0) is 17.5. The molecule has 1 aliphatic rings. The van der Waals surface area contributed by atoms with Gasteiger partial charge in [0.05, 0.1) is 5.56 Å². The molecular weight excluding hydrogens is 329 g/mol. The Labute approximate surface area is 149 Å². The number of hydrogen-bond donors (Lipinski definition) is 1. The van der Waals surface area contributed by atoms with Crippen LogP contribution >= 0.6 is 0 Å². The molecule has 5 nitrogen and oxygen atoms in total. The Balaban J connectivity index is 1.44. The fraction of sp³-hybridized carbons (Fsp3) is 0.150. The van der Waals surface area contributed by atoms with Crippen LogP contribution in [0.1, 0.15) is 17.9 Å². The molecule has 26 heavy (non-hydrogen) atoms. The van der Waals surface area contributed by atoms with Gasteiger partial charge in [-0.25, -0.2) is 4.39 Å². The van der Waals surface area contributed by atoms with E-state index < -0.39 is 0 Å². The molecule has 1 saturated carbocycles. The number of aromatic nitrogens is 4. The van der Waals surface area contributed by atoms with Gasteiger partial charge < -0.3 is 5.32 Å². The fourth-order valence-corrected chi connectivity index (χ4v) is 3.29. The SMILES string of the molecule is Fc1ccccc1-c1nnc2ccc(NC3CC3c3ccccc3)nn12. The van der Waals surface area contributed by atoms with Gasteiger partial charge in [-0.2, -0.15) is 4.52 Å². The minimum atomic E-state index is -0.340. The first-order valence-corrected chi connectivity index (χ1v) is 8.58. The second-order valence-electron chi connectivity index (χ2n) is 6.50. The highest BCUT2D eigenvalue weighted by Gasteiger charge is 2.38. The molecule has 0 amide bonds. The Morgan fingerprint density at radius 2 is 1.73 bits per heavy atom. The molecule has 2 atom stereocenters. The number of fused-ring (bicyclic) bond motifs is 1. The summed E-state index contributed by atoms with van der Waals surface area (Å²) in [6.07, 6.45) is 1.08. The van der Waals surface area contributed by atoms with E-state index in [-0.39, 0.29) is 5.82 Å². The van der Waals surface area contributed by atoms with Crippen LogP contribution in [0, 0.1) is 5.82 Å². The minimum absolute atomic E-state index is 0.340. The van der Waals surface area contributed by atoms with Crippen LogP contribution in [0.4, 0.5) is 10.2 Å². The van der Waals surface area contributed by atoms with E-state index in [2.05, 4.69) is 44.9 Å². The highest BCUT2D eigenvalue weighted by atomic mass is 19.1. The molecule has 2 aromatic carbocycles. The average Bonchev–Trinajstić information content (AvgIpc) is 3.32.